The van der Waals surface area contributed by atoms with Crippen LogP contribution in [0.5, 0.6) is 5.75 Å². The summed E-state index contributed by atoms with van der Waals surface area (Å²) in [7, 11) is 0. The first kappa shape index (κ1) is 16.3. The van der Waals surface area contributed by atoms with E-state index in [9.17, 15) is 14.9 Å². The minimum atomic E-state index is -0.496. The lowest BCUT2D eigenvalue weighted by molar-refractivity contribution is -0.385. The molecule has 0 saturated carbocycles. The fraction of sp³-hybridized carbons (Fsp3) is 0.562. The Balaban J connectivity index is 2.02. The van der Waals surface area contributed by atoms with E-state index in [1.807, 2.05) is 6.92 Å². The van der Waals surface area contributed by atoms with Gasteiger partial charge in [0, 0.05) is 19.2 Å². The number of rotatable bonds is 4. The maximum absolute atomic E-state index is 12.3. The number of nitrogens with zero attached hydrogens (tertiary/aromatic N) is 2. The molecule has 1 saturated heterocycles. The molecule has 1 aliphatic heterocycles. The number of likely N-dealkylation sites (tertiary alicyclic amines) is 1. The highest BCUT2D eigenvalue weighted by atomic mass is 16.6. The van der Waals surface area contributed by atoms with Crippen LogP contribution in [0.3, 0.4) is 0 Å². The monoisotopic (exact) mass is 306 g/mol. The minimum Gasteiger partial charge on any atom is -0.477 e. The molecule has 0 bridgehead atoms. The zero-order valence-electron chi connectivity index (χ0n) is 13.2. The molecule has 22 heavy (non-hydrogen) atoms. The maximum atomic E-state index is 12.3. The van der Waals surface area contributed by atoms with Gasteiger partial charge in [0.05, 0.1) is 4.92 Å². The normalized spacial score (nSPS) is 21.5. The van der Waals surface area contributed by atoms with E-state index in [0.717, 1.165) is 25.1 Å². The van der Waals surface area contributed by atoms with Crippen molar-refractivity contribution in [2.45, 2.75) is 27.2 Å². The third-order valence-electron chi connectivity index (χ3n) is 3.88. The predicted molar refractivity (Wildman–Crippen MR) is 82.9 cm³/mol. The molecule has 120 valence electrons. The van der Waals surface area contributed by atoms with Gasteiger partial charge in [-0.3, -0.25) is 14.9 Å². The summed E-state index contributed by atoms with van der Waals surface area (Å²) in [6.07, 6.45) is 1.12. The molecule has 1 aromatic carbocycles. The standard InChI is InChI=1S/C16H22N2O4/c1-11-4-5-14(18(20)21)15(7-11)22-10-16(19)17-8-12(2)6-13(3)9-17/h4-5,7,12-13H,6,8-10H2,1-3H3. The Labute approximate surface area is 130 Å². The summed E-state index contributed by atoms with van der Waals surface area (Å²) in [6, 6.07) is 4.65. The van der Waals surface area contributed by atoms with Crippen molar-refractivity contribution in [2.24, 2.45) is 11.8 Å². The number of nitro groups is 1. The van der Waals surface area contributed by atoms with Crippen LogP contribution in [0.25, 0.3) is 0 Å². The van der Waals surface area contributed by atoms with Crippen LogP contribution >= 0.6 is 0 Å². The third-order valence-corrected chi connectivity index (χ3v) is 3.88. The van der Waals surface area contributed by atoms with Crippen LogP contribution in [0.4, 0.5) is 5.69 Å². The van der Waals surface area contributed by atoms with E-state index in [4.69, 9.17) is 4.74 Å². The van der Waals surface area contributed by atoms with Crippen molar-refractivity contribution in [2.75, 3.05) is 19.7 Å². The Kier molecular flexibility index (Phi) is 5.00. The molecular formula is C16H22N2O4. The van der Waals surface area contributed by atoms with Crippen molar-refractivity contribution in [3.63, 3.8) is 0 Å². The Hall–Kier alpha value is -2.11. The molecule has 1 aliphatic rings. The van der Waals surface area contributed by atoms with Gasteiger partial charge in [0.25, 0.3) is 5.91 Å². The average Bonchev–Trinajstić information content (AvgIpc) is 2.43. The Morgan fingerprint density at radius 3 is 2.59 bits per heavy atom. The highest BCUT2D eigenvalue weighted by Crippen LogP contribution is 2.28. The van der Waals surface area contributed by atoms with Crippen molar-refractivity contribution in [3.05, 3.63) is 33.9 Å². The molecule has 1 amide bonds. The second-order valence-electron chi connectivity index (χ2n) is 6.26. The number of ether oxygens (including phenoxy) is 1. The molecule has 2 unspecified atom stereocenters. The van der Waals surface area contributed by atoms with Gasteiger partial charge in [-0.05, 0) is 36.8 Å². The number of piperidine rings is 1. The van der Waals surface area contributed by atoms with Gasteiger partial charge in [-0.25, -0.2) is 0 Å². The second-order valence-corrected chi connectivity index (χ2v) is 6.26. The van der Waals surface area contributed by atoms with Gasteiger partial charge in [-0.15, -0.1) is 0 Å². The van der Waals surface area contributed by atoms with Crippen LogP contribution < -0.4 is 4.74 Å². The van der Waals surface area contributed by atoms with Crippen LogP contribution in [-0.4, -0.2) is 35.4 Å². The van der Waals surface area contributed by atoms with Crippen molar-refractivity contribution >= 4 is 11.6 Å². The third kappa shape index (κ3) is 3.96. The Morgan fingerprint density at radius 2 is 2.00 bits per heavy atom. The van der Waals surface area contributed by atoms with Gasteiger partial charge < -0.3 is 9.64 Å². The molecular weight excluding hydrogens is 284 g/mol. The predicted octanol–water partition coefficient (Wildman–Crippen LogP) is 2.79. The summed E-state index contributed by atoms with van der Waals surface area (Å²) >= 11 is 0. The highest BCUT2D eigenvalue weighted by molar-refractivity contribution is 5.78. The summed E-state index contributed by atoms with van der Waals surface area (Å²) in [6.45, 7) is 7.37. The zero-order valence-corrected chi connectivity index (χ0v) is 13.2. The Bertz CT molecular complexity index is 563. The van der Waals surface area contributed by atoms with Crippen molar-refractivity contribution in [1.82, 2.24) is 4.90 Å². The van der Waals surface area contributed by atoms with E-state index in [1.54, 1.807) is 17.0 Å². The van der Waals surface area contributed by atoms with Crippen molar-refractivity contribution < 1.29 is 14.5 Å². The largest absolute Gasteiger partial charge is 0.477 e. The summed E-state index contributed by atoms with van der Waals surface area (Å²) in [4.78, 5) is 24.6. The zero-order chi connectivity index (χ0) is 16.3. The quantitative estimate of drug-likeness (QED) is 0.633. The molecule has 6 nitrogen and oxygen atoms in total. The second kappa shape index (κ2) is 6.77. The SMILES string of the molecule is Cc1ccc([N+](=O)[O-])c(OCC(=O)N2CC(C)CC(C)C2)c1. The number of carbonyl (C=O) groups is 1. The molecule has 2 rings (SSSR count). The first-order valence-electron chi connectivity index (χ1n) is 7.52. The number of benzene rings is 1. The van der Waals surface area contributed by atoms with E-state index in [1.165, 1.54) is 6.07 Å². The number of hydrogen-bond donors (Lipinski definition) is 0. The van der Waals surface area contributed by atoms with Gasteiger partial charge in [0.1, 0.15) is 0 Å². The minimum absolute atomic E-state index is 0.112. The fourth-order valence-corrected chi connectivity index (χ4v) is 2.99. The van der Waals surface area contributed by atoms with E-state index < -0.39 is 4.92 Å². The van der Waals surface area contributed by atoms with E-state index in [0.29, 0.717) is 11.8 Å². The summed E-state index contributed by atoms with van der Waals surface area (Å²) < 4.78 is 5.43. The Morgan fingerprint density at radius 1 is 1.36 bits per heavy atom. The average molecular weight is 306 g/mol. The summed E-state index contributed by atoms with van der Waals surface area (Å²) in [5, 5.41) is 11.0. The van der Waals surface area contributed by atoms with E-state index in [2.05, 4.69) is 13.8 Å². The van der Waals surface area contributed by atoms with Gasteiger partial charge in [0.15, 0.2) is 12.4 Å². The number of carbonyl (C=O) groups excluding carboxylic acids is 1. The lowest BCUT2D eigenvalue weighted by Crippen LogP contribution is -2.44. The molecule has 6 heteroatoms. The maximum Gasteiger partial charge on any atom is 0.310 e. The van der Waals surface area contributed by atoms with Gasteiger partial charge in [-0.2, -0.15) is 0 Å². The first-order valence-corrected chi connectivity index (χ1v) is 7.52. The first-order chi connectivity index (χ1) is 10.4. The van der Waals surface area contributed by atoms with E-state index in [-0.39, 0.29) is 24.0 Å². The lowest BCUT2D eigenvalue weighted by Gasteiger charge is -2.34. The summed E-state index contributed by atoms with van der Waals surface area (Å²) in [5.41, 5.74) is 0.743. The molecule has 1 fully saturated rings. The van der Waals surface area contributed by atoms with Gasteiger partial charge in [0.2, 0.25) is 0 Å². The number of amides is 1. The number of aryl methyl sites for hydroxylation is 1. The van der Waals surface area contributed by atoms with Gasteiger partial charge in [-0.1, -0.05) is 19.9 Å². The van der Waals surface area contributed by atoms with Crippen molar-refractivity contribution in [1.29, 1.82) is 0 Å². The molecule has 0 aromatic heterocycles. The van der Waals surface area contributed by atoms with Gasteiger partial charge >= 0.3 is 5.69 Å². The number of nitro benzene ring substituents is 1. The lowest BCUT2D eigenvalue weighted by atomic mass is 9.92. The topological polar surface area (TPSA) is 72.7 Å². The van der Waals surface area contributed by atoms with Crippen LogP contribution in [0, 0.1) is 28.9 Å². The molecule has 0 spiro atoms. The van der Waals surface area contributed by atoms with Crippen LogP contribution in [0.15, 0.2) is 18.2 Å². The molecule has 0 radical (unpaired) electrons. The molecule has 1 heterocycles. The summed E-state index contributed by atoms with van der Waals surface area (Å²) in [5.74, 6) is 0.979. The van der Waals surface area contributed by atoms with E-state index >= 15 is 0 Å². The fourth-order valence-electron chi connectivity index (χ4n) is 2.99. The van der Waals surface area contributed by atoms with Crippen molar-refractivity contribution in [3.8, 4) is 5.75 Å². The molecule has 0 N–H and O–H groups in total. The number of hydrogen-bond acceptors (Lipinski definition) is 4. The van der Waals surface area contributed by atoms with Crippen LogP contribution in [-0.2, 0) is 4.79 Å². The smallest absolute Gasteiger partial charge is 0.310 e. The molecule has 1 aromatic rings. The van der Waals surface area contributed by atoms with Crippen LogP contribution in [0.1, 0.15) is 25.8 Å². The van der Waals surface area contributed by atoms with Crippen LogP contribution in [0.2, 0.25) is 0 Å². The highest BCUT2D eigenvalue weighted by Gasteiger charge is 2.26. The molecule has 0 aliphatic carbocycles. The molecule has 2 atom stereocenters.